The summed E-state index contributed by atoms with van der Waals surface area (Å²) < 4.78 is 76.4. The number of rotatable bonds is 2. The summed E-state index contributed by atoms with van der Waals surface area (Å²) in [6, 6.07) is 3.29. The van der Waals surface area contributed by atoms with Crippen LogP contribution in [0, 0.1) is 34.9 Å². The predicted octanol–water partition coefficient (Wildman–Crippen LogP) is 6.45. The van der Waals surface area contributed by atoms with Gasteiger partial charge in [-0.2, -0.15) is 0 Å². The predicted molar refractivity (Wildman–Crippen MR) is 80.8 cm³/mol. The highest BCUT2D eigenvalue weighted by Gasteiger charge is 2.16. The summed E-state index contributed by atoms with van der Waals surface area (Å²) in [5, 5.41) is 0. The zero-order valence-electron chi connectivity index (χ0n) is 13.7. The van der Waals surface area contributed by atoms with Gasteiger partial charge in [0.15, 0.2) is 23.3 Å². The van der Waals surface area contributed by atoms with Crippen molar-refractivity contribution in [1.29, 1.82) is 0 Å². The maximum absolute atomic E-state index is 12.9. The van der Waals surface area contributed by atoms with Gasteiger partial charge in [0.2, 0.25) is 0 Å². The maximum Gasteiger partial charge on any atom is 0.165 e. The van der Waals surface area contributed by atoms with Crippen LogP contribution < -0.4 is 0 Å². The summed E-state index contributed by atoms with van der Waals surface area (Å²) in [5.74, 6) is -6.15. The van der Waals surface area contributed by atoms with Crippen LogP contribution in [-0.2, 0) is 0 Å². The van der Waals surface area contributed by atoms with Crippen LogP contribution in [0.5, 0.6) is 0 Å². The monoisotopic (exact) mass is 348 g/mol. The molecule has 0 saturated carbocycles. The molecule has 2 aromatic carbocycles. The Balaban J connectivity index is 0.000000240. The minimum absolute atomic E-state index is 0.0764. The summed E-state index contributed by atoms with van der Waals surface area (Å²) in [7, 11) is 0. The Hall–Kier alpha value is -1.98. The van der Waals surface area contributed by atoms with Gasteiger partial charge < -0.3 is 0 Å². The van der Waals surface area contributed by atoms with Crippen LogP contribution in [0.1, 0.15) is 50.7 Å². The molecule has 0 atom stereocenters. The fraction of sp³-hybridized carbons (Fsp3) is 0.333. The lowest BCUT2D eigenvalue weighted by Gasteiger charge is -2.08. The topological polar surface area (TPSA) is 0 Å². The molecule has 0 bridgehead atoms. The van der Waals surface area contributed by atoms with E-state index < -0.39 is 34.9 Å². The van der Waals surface area contributed by atoms with Gasteiger partial charge in [0, 0.05) is 11.6 Å². The van der Waals surface area contributed by atoms with Gasteiger partial charge in [-0.05, 0) is 35.6 Å². The number of hydrogen-bond donors (Lipinski definition) is 0. The normalized spacial score (nSPS) is 10.8. The summed E-state index contributed by atoms with van der Waals surface area (Å²) in [6.45, 7) is 6.58. The van der Waals surface area contributed by atoms with Crippen molar-refractivity contribution in [2.75, 3.05) is 0 Å². The molecule has 0 aromatic heterocycles. The first-order chi connectivity index (χ1) is 11.1. The smallest absolute Gasteiger partial charge is 0.165 e. The van der Waals surface area contributed by atoms with Crippen molar-refractivity contribution in [3.8, 4) is 0 Å². The van der Waals surface area contributed by atoms with Crippen molar-refractivity contribution in [2.24, 2.45) is 0 Å². The lowest BCUT2D eigenvalue weighted by Crippen LogP contribution is -2.00. The van der Waals surface area contributed by atoms with E-state index in [-0.39, 0.29) is 23.0 Å². The quantitative estimate of drug-likeness (QED) is 0.432. The fourth-order valence-corrected chi connectivity index (χ4v) is 2.07. The van der Waals surface area contributed by atoms with Gasteiger partial charge in [0.1, 0.15) is 11.6 Å². The first-order valence-corrected chi connectivity index (χ1v) is 7.34. The molecule has 0 radical (unpaired) electrons. The van der Waals surface area contributed by atoms with Gasteiger partial charge in [-0.3, -0.25) is 0 Å². The Morgan fingerprint density at radius 3 is 1.62 bits per heavy atom. The maximum atomic E-state index is 12.9. The molecule has 2 rings (SSSR count). The minimum Gasteiger partial charge on any atom is -0.207 e. The Bertz CT molecular complexity index is 707. The zero-order valence-corrected chi connectivity index (χ0v) is 13.7. The molecule has 0 spiro atoms. The largest absolute Gasteiger partial charge is 0.207 e. The van der Waals surface area contributed by atoms with Crippen molar-refractivity contribution in [2.45, 2.75) is 39.5 Å². The molecule has 0 fully saturated rings. The van der Waals surface area contributed by atoms with Crippen molar-refractivity contribution in [3.05, 3.63) is 70.3 Å². The Kier molecular flexibility index (Phi) is 6.87. The van der Waals surface area contributed by atoms with E-state index in [0.29, 0.717) is 6.07 Å². The molecular formula is C18H18F6. The Morgan fingerprint density at radius 2 is 1.17 bits per heavy atom. The van der Waals surface area contributed by atoms with E-state index in [1.165, 1.54) is 0 Å². The first-order valence-electron chi connectivity index (χ1n) is 7.34. The third-order valence-electron chi connectivity index (χ3n) is 3.30. The molecular weight excluding hydrogens is 330 g/mol. The first kappa shape index (κ1) is 20.1. The molecule has 0 amide bonds. The van der Waals surface area contributed by atoms with Gasteiger partial charge in [-0.1, -0.05) is 27.7 Å². The van der Waals surface area contributed by atoms with E-state index in [4.69, 9.17) is 0 Å². The molecule has 0 saturated heterocycles. The highest BCUT2D eigenvalue weighted by Crippen LogP contribution is 2.23. The molecule has 2 aromatic rings. The van der Waals surface area contributed by atoms with Crippen LogP contribution in [0.4, 0.5) is 26.3 Å². The van der Waals surface area contributed by atoms with E-state index in [0.717, 1.165) is 18.2 Å². The SMILES string of the molecule is CC(C)c1c(F)ccc(F)c1F.CC(C)c1cc(F)cc(F)c1F. The minimum atomic E-state index is -1.13. The number of benzene rings is 2. The third kappa shape index (κ3) is 4.76. The molecule has 0 aliphatic heterocycles. The van der Waals surface area contributed by atoms with Crippen molar-refractivity contribution < 1.29 is 26.3 Å². The standard InChI is InChI=1S/2C9H9F3/c1-5(2)7-3-6(10)4-8(11)9(7)12;1-5(2)8-6(10)3-4-7(11)9(8)12/h2*3-5H,1-2H3. The molecule has 0 heterocycles. The van der Waals surface area contributed by atoms with E-state index in [9.17, 15) is 26.3 Å². The molecule has 0 N–H and O–H groups in total. The lowest BCUT2D eigenvalue weighted by atomic mass is 10.0. The van der Waals surface area contributed by atoms with Gasteiger partial charge in [-0.25, -0.2) is 26.3 Å². The molecule has 0 nitrogen and oxygen atoms in total. The summed E-state index contributed by atoms with van der Waals surface area (Å²) in [5.41, 5.74) is -0.109. The summed E-state index contributed by atoms with van der Waals surface area (Å²) >= 11 is 0. The zero-order chi connectivity index (χ0) is 18.6. The van der Waals surface area contributed by atoms with Crippen LogP contribution in [0.3, 0.4) is 0 Å². The fourth-order valence-electron chi connectivity index (χ4n) is 2.07. The average Bonchev–Trinajstić information content (AvgIpc) is 2.47. The molecule has 24 heavy (non-hydrogen) atoms. The second kappa shape index (κ2) is 8.22. The van der Waals surface area contributed by atoms with E-state index >= 15 is 0 Å². The highest BCUT2D eigenvalue weighted by atomic mass is 19.2. The van der Waals surface area contributed by atoms with Gasteiger partial charge >= 0.3 is 0 Å². The molecule has 132 valence electrons. The van der Waals surface area contributed by atoms with Crippen LogP contribution in [0.15, 0.2) is 24.3 Å². The van der Waals surface area contributed by atoms with Crippen molar-refractivity contribution in [3.63, 3.8) is 0 Å². The van der Waals surface area contributed by atoms with E-state index in [2.05, 4.69) is 0 Å². The van der Waals surface area contributed by atoms with Gasteiger partial charge in [-0.15, -0.1) is 0 Å². The highest BCUT2D eigenvalue weighted by molar-refractivity contribution is 5.24. The number of hydrogen-bond acceptors (Lipinski definition) is 0. The second-order valence-electron chi connectivity index (χ2n) is 5.86. The van der Waals surface area contributed by atoms with Crippen molar-refractivity contribution in [1.82, 2.24) is 0 Å². The average molecular weight is 348 g/mol. The lowest BCUT2D eigenvalue weighted by molar-refractivity contribution is 0.472. The van der Waals surface area contributed by atoms with E-state index in [1.54, 1.807) is 27.7 Å². The molecule has 6 heteroatoms. The van der Waals surface area contributed by atoms with Crippen LogP contribution in [0.2, 0.25) is 0 Å². The summed E-state index contributed by atoms with van der Waals surface area (Å²) in [6.07, 6.45) is 0. The number of halogens is 6. The molecule has 0 aliphatic rings. The molecule has 0 unspecified atom stereocenters. The second-order valence-corrected chi connectivity index (χ2v) is 5.86. The van der Waals surface area contributed by atoms with Gasteiger partial charge in [0.05, 0.1) is 0 Å². The summed E-state index contributed by atoms with van der Waals surface area (Å²) in [4.78, 5) is 0. The van der Waals surface area contributed by atoms with Crippen LogP contribution in [0.25, 0.3) is 0 Å². The van der Waals surface area contributed by atoms with E-state index in [1.807, 2.05) is 0 Å². The third-order valence-corrected chi connectivity index (χ3v) is 3.30. The molecule has 0 aliphatic carbocycles. The van der Waals surface area contributed by atoms with Crippen LogP contribution >= 0.6 is 0 Å². The Morgan fingerprint density at radius 1 is 0.625 bits per heavy atom. The Labute approximate surface area is 137 Å². The van der Waals surface area contributed by atoms with Crippen LogP contribution in [-0.4, -0.2) is 0 Å². The van der Waals surface area contributed by atoms with Gasteiger partial charge in [0.25, 0.3) is 0 Å². The van der Waals surface area contributed by atoms with Crippen molar-refractivity contribution >= 4 is 0 Å².